The van der Waals surface area contributed by atoms with Crippen molar-refractivity contribution in [3.05, 3.63) is 99.2 Å². The standard InChI is InChI=1S/C29H28N8O2/c1-17(33-28(38)25-26(30)34-35-27(25)31-3)23-15-20-10-8-9-19(13-14-21-16-32-36(4)18(21)2)24(20)29(39)37(23)22-11-6-5-7-12-22/h5-12,15-17H,1-4H3,(H,33,38)(H4,30,31,34,35)/t17-/m1/s1. The van der Waals surface area contributed by atoms with Gasteiger partial charge in [0, 0.05) is 31.0 Å². The zero-order valence-corrected chi connectivity index (χ0v) is 22.0. The number of rotatable bonds is 5. The minimum atomic E-state index is -0.554. The Morgan fingerprint density at radius 2 is 1.85 bits per heavy atom. The Kier molecular flexibility index (Phi) is 6.64. The molecule has 0 saturated carbocycles. The largest absolute Gasteiger partial charge is 0.383 e. The first-order chi connectivity index (χ1) is 18.8. The fourth-order valence-corrected chi connectivity index (χ4v) is 4.51. The Hall–Kier alpha value is -5.30. The predicted octanol–water partition coefficient (Wildman–Crippen LogP) is 3.27. The van der Waals surface area contributed by atoms with Crippen LogP contribution in [-0.4, -0.2) is 37.5 Å². The van der Waals surface area contributed by atoms with Gasteiger partial charge in [-0.2, -0.15) is 10.2 Å². The van der Waals surface area contributed by atoms with Crippen LogP contribution in [0, 0.1) is 18.8 Å². The van der Waals surface area contributed by atoms with E-state index >= 15 is 0 Å². The van der Waals surface area contributed by atoms with Gasteiger partial charge < -0.3 is 16.4 Å². The molecule has 0 spiro atoms. The van der Waals surface area contributed by atoms with E-state index in [1.807, 2.05) is 75.5 Å². The maximum absolute atomic E-state index is 14.1. The first-order valence-electron chi connectivity index (χ1n) is 12.4. The summed E-state index contributed by atoms with van der Waals surface area (Å²) in [6.07, 6.45) is 1.71. The number of hydrogen-bond donors (Lipinski definition) is 4. The van der Waals surface area contributed by atoms with E-state index in [1.165, 1.54) is 0 Å². The summed E-state index contributed by atoms with van der Waals surface area (Å²) in [6, 6.07) is 16.2. The average Bonchev–Trinajstić information content (AvgIpc) is 3.48. The van der Waals surface area contributed by atoms with Crippen molar-refractivity contribution >= 4 is 28.3 Å². The molecule has 1 atom stereocenters. The molecule has 5 rings (SSSR count). The summed E-state index contributed by atoms with van der Waals surface area (Å²) in [5.74, 6) is 6.40. The Morgan fingerprint density at radius 3 is 2.54 bits per heavy atom. The average molecular weight is 521 g/mol. The number of para-hydroxylation sites is 1. The van der Waals surface area contributed by atoms with Gasteiger partial charge in [0.25, 0.3) is 11.5 Å². The van der Waals surface area contributed by atoms with Gasteiger partial charge in [0.1, 0.15) is 11.4 Å². The first kappa shape index (κ1) is 25.4. The summed E-state index contributed by atoms with van der Waals surface area (Å²) in [6.45, 7) is 3.77. The number of aryl methyl sites for hydroxylation is 1. The van der Waals surface area contributed by atoms with Crippen molar-refractivity contribution in [2.75, 3.05) is 18.1 Å². The van der Waals surface area contributed by atoms with Gasteiger partial charge in [0.2, 0.25) is 0 Å². The van der Waals surface area contributed by atoms with Gasteiger partial charge in [-0.3, -0.25) is 23.9 Å². The van der Waals surface area contributed by atoms with Crippen LogP contribution in [0.3, 0.4) is 0 Å². The maximum atomic E-state index is 14.1. The molecule has 1 amide bonds. The molecule has 2 aromatic carbocycles. The lowest BCUT2D eigenvalue weighted by Crippen LogP contribution is -2.32. The van der Waals surface area contributed by atoms with Crippen LogP contribution in [-0.2, 0) is 7.05 Å². The number of fused-ring (bicyclic) bond motifs is 1. The number of amides is 1. The molecule has 5 N–H and O–H groups in total. The predicted molar refractivity (Wildman–Crippen MR) is 152 cm³/mol. The van der Waals surface area contributed by atoms with Gasteiger partial charge in [0.15, 0.2) is 5.82 Å². The van der Waals surface area contributed by atoms with Crippen molar-refractivity contribution in [1.82, 2.24) is 29.9 Å². The minimum Gasteiger partial charge on any atom is -0.383 e. The van der Waals surface area contributed by atoms with E-state index < -0.39 is 11.9 Å². The van der Waals surface area contributed by atoms with Crippen molar-refractivity contribution in [1.29, 1.82) is 0 Å². The van der Waals surface area contributed by atoms with Gasteiger partial charge in [-0.15, -0.1) is 0 Å². The first-order valence-corrected chi connectivity index (χ1v) is 12.4. The Bertz CT molecular complexity index is 1820. The SMILES string of the molecule is CNc1n[nH]c(N)c1C(=O)N[C@H](C)c1cc2cccc(C#Cc3cnn(C)c3C)c2c(=O)n1-c1ccccc1. The maximum Gasteiger partial charge on any atom is 0.264 e. The molecule has 5 aromatic rings. The third-order valence-electron chi connectivity index (χ3n) is 6.71. The van der Waals surface area contributed by atoms with E-state index in [0.717, 1.165) is 16.6 Å². The molecule has 39 heavy (non-hydrogen) atoms. The Morgan fingerprint density at radius 1 is 1.10 bits per heavy atom. The third-order valence-corrected chi connectivity index (χ3v) is 6.71. The Labute approximate surface area is 224 Å². The third kappa shape index (κ3) is 4.62. The molecule has 3 heterocycles. The van der Waals surface area contributed by atoms with Crippen molar-refractivity contribution in [2.45, 2.75) is 19.9 Å². The number of carbonyl (C=O) groups excluding carboxylic acids is 1. The lowest BCUT2D eigenvalue weighted by atomic mass is 10.0. The summed E-state index contributed by atoms with van der Waals surface area (Å²) in [4.78, 5) is 27.3. The monoisotopic (exact) mass is 520 g/mol. The number of nitrogen functional groups attached to an aromatic ring is 1. The highest BCUT2D eigenvalue weighted by Gasteiger charge is 2.23. The zero-order chi connectivity index (χ0) is 27.7. The number of benzene rings is 2. The molecular formula is C29H28N8O2. The van der Waals surface area contributed by atoms with Crippen LogP contribution in [0.15, 0.2) is 65.6 Å². The summed E-state index contributed by atoms with van der Waals surface area (Å²) in [7, 11) is 3.52. The molecule has 0 fully saturated rings. The number of carbonyl (C=O) groups is 1. The van der Waals surface area contributed by atoms with E-state index in [2.05, 4.69) is 37.8 Å². The van der Waals surface area contributed by atoms with Crippen LogP contribution in [0.2, 0.25) is 0 Å². The fraction of sp³-hybridized carbons (Fsp3) is 0.172. The number of nitrogens with two attached hydrogens (primary N) is 1. The number of aromatic nitrogens is 5. The van der Waals surface area contributed by atoms with Crippen LogP contribution >= 0.6 is 0 Å². The molecule has 0 saturated heterocycles. The molecule has 0 aliphatic carbocycles. The number of aromatic amines is 1. The number of nitrogens with zero attached hydrogens (tertiary/aromatic N) is 4. The van der Waals surface area contributed by atoms with Gasteiger partial charge in [-0.25, -0.2) is 0 Å². The minimum absolute atomic E-state index is 0.148. The van der Waals surface area contributed by atoms with E-state index in [4.69, 9.17) is 5.73 Å². The van der Waals surface area contributed by atoms with E-state index in [0.29, 0.717) is 28.1 Å². The molecule has 10 nitrogen and oxygen atoms in total. The number of anilines is 2. The second kappa shape index (κ2) is 10.2. The zero-order valence-electron chi connectivity index (χ0n) is 22.0. The number of H-pyrrole nitrogens is 1. The summed E-state index contributed by atoms with van der Waals surface area (Å²) in [5, 5.41) is 17.9. The van der Waals surface area contributed by atoms with Crippen molar-refractivity contribution in [3.8, 4) is 17.5 Å². The van der Waals surface area contributed by atoms with Gasteiger partial charge in [-0.1, -0.05) is 42.2 Å². The molecule has 196 valence electrons. The van der Waals surface area contributed by atoms with Crippen molar-refractivity contribution in [2.24, 2.45) is 7.05 Å². The lowest BCUT2D eigenvalue weighted by Gasteiger charge is -2.21. The molecule has 3 aromatic heterocycles. The lowest BCUT2D eigenvalue weighted by molar-refractivity contribution is 0.0940. The van der Waals surface area contributed by atoms with Gasteiger partial charge in [0.05, 0.1) is 28.9 Å². The van der Waals surface area contributed by atoms with Crippen LogP contribution in [0.1, 0.15) is 45.8 Å². The molecule has 0 unspecified atom stereocenters. The van der Waals surface area contributed by atoms with Gasteiger partial charge >= 0.3 is 0 Å². The second-order valence-corrected chi connectivity index (χ2v) is 9.14. The van der Waals surface area contributed by atoms with E-state index in [1.54, 1.807) is 22.5 Å². The van der Waals surface area contributed by atoms with Crippen LogP contribution in [0.25, 0.3) is 16.5 Å². The smallest absolute Gasteiger partial charge is 0.264 e. The highest BCUT2D eigenvalue weighted by molar-refractivity contribution is 6.03. The van der Waals surface area contributed by atoms with E-state index in [9.17, 15) is 9.59 Å². The van der Waals surface area contributed by atoms with Crippen molar-refractivity contribution < 1.29 is 4.79 Å². The van der Waals surface area contributed by atoms with E-state index in [-0.39, 0.29) is 16.9 Å². The number of nitrogens with one attached hydrogen (secondary N) is 3. The van der Waals surface area contributed by atoms with Crippen LogP contribution in [0.5, 0.6) is 0 Å². The molecule has 0 bridgehead atoms. The molecular weight excluding hydrogens is 492 g/mol. The Balaban J connectivity index is 1.65. The van der Waals surface area contributed by atoms with Crippen LogP contribution in [0.4, 0.5) is 11.6 Å². The van der Waals surface area contributed by atoms with Gasteiger partial charge in [-0.05, 0) is 43.5 Å². The molecule has 10 heteroatoms. The second-order valence-electron chi connectivity index (χ2n) is 9.14. The van der Waals surface area contributed by atoms with Crippen molar-refractivity contribution in [3.63, 3.8) is 0 Å². The number of pyridine rings is 1. The topological polar surface area (TPSA) is 136 Å². The molecule has 0 aliphatic rings. The fourth-order valence-electron chi connectivity index (χ4n) is 4.51. The van der Waals surface area contributed by atoms with Crippen LogP contribution < -0.4 is 21.9 Å². The summed E-state index contributed by atoms with van der Waals surface area (Å²) in [5.41, 5.74) is 9.56. The normalized spacial score (nSPS) is 11.6. The summed E-state index contributed by atoms with van der Waals surface area (Å²) >= 11 is 0. The molecule has 0 radical (unpaired) electrons. The quantitative estimate of drug-likeness (QED) is 0.263. The molecule has 0 aliphatic heterocycles. The highest BCUT2D eigenvalue weighted by atomic mass is 16.2. The number of hydrogen-bond acceptors (Lipinski definition) is 6. The highest BCUT2D eigenvalue weighted by Crippen LogP contribution is 2.25. The summed E-state index contributed by atoms with van der Waals surface area (Å²) < 4.78 is 3.37.